The summed E-state index contributed by atoms with van der Waals surface area (Å²) in [7, 11) is 1.21. The van der Waals surface area contributed by atoms with Crippen LogP contribution in [0, 0.1) is 0 Å². The summed E-state index contributed by atoms with van der Waals surface area (Å²) in [5, 5.41) is 0. The summed E-state index contributed by atoms with van der Waals surface area (Å²) in [6, 6.07) is 2.68. The fourth-order valence-corrected chi connectivity index (χ4v) is 2.37. The van der Waals surface area contributed by atoms with E-state index in [0.29, 0.717) is 12.0 Å². The van der Waals surface area contributed by atoms with Crippen LogP contribution in [-0.4, -0.2) is 12.6 Å². The lowest BCUT2D eigenvalue weighted by Gasteiger charge is -2.21. The van der Waals surface area contributed by atoms with Gasteiger partial charge in [-0.25, -0.2) is 0 Å². The Bertz CT molecular complexity index is 438. The smallest absolute Gasteiger partial charge is 0.420 e. The molecule has 0 bridgehead atoms. The molecule has 0 aliphatic carbocycles. The predicted octanol–water partition coefficient (Wildman–Crippen LogP) is 3.76. The van der Waals surface area contributed by atoms with Crippen molar-refractivity contribution in [2.24, 2.45) is 5.73 Å². The first-order chi connectivity index (χ1) is 8.04. The number of hydrogen-bond donors (Lipinski definition) is 1. The Hall–Kier alpha value is -0.750. The Balaban J connectivity index is 3.31. The number of methoxy groups -OCH3 is 1. The lowest BCUT2D eigenvalue weighted by Crippen LogP contribution is -2.34. The first kappa shape index (κ1) is 15.3. The van der Waals surface area contributed by atoms with Crippen LogP contribution in [0.4, 0.5) is 13.2 Å². The van der Waals surface area contributed by atoms with Crippen molar-refractivity contribution in [3.8, 4) is 5.75 Å². The van der Waals surface area contributed by atoms with Gasteiger partial charge in [0, 0.05) is 5.54 Å². The number of hydrogen-bond acceptors (Lipinski definition) is 2. The molecule has 0 heterocycles. The Morgan fingerprint density at radius 1 is 1.28 bits per heavy atom. The standard InChI is InChI=1S/C12H15BrF3NO/c1-11(2,17)6-7-4-8(12(14,15)16)10(18-3)9(13)5-7/h4-5H,6,17H2,1-3H3. The number of benzene rings is 1. The lowest BCUT2D eigenvalue weighted by molar-refractivity contribution is -0.138. The van der Waals surface area contributed by atoms with Crippen LogP contribution in [0.2, 0.25) is 0 Å². The van der Waals surface area contributed by atoms with Gasteiger partial charge in [0.25, 0.3) is 0 Å². The van der Waals surface area contributed by atoms with Gasteiger partial charge in [-0.15, -0.1) is 0 Å². The zero-order valence-corrected chi connectivity index (χ0v) is 11.9. The summed E-state index contributed by atoms with van der Waals surface area (Å²) in [4.78, 5) is 0. The van der Waals surface area contributed by atoms with E-state index < -0.39 is 17.3 Å². The fraction of sp³-hybridized carbons (Fsp3) is 0.500. The van der Waals surface area contributed by atoms with Crippen LogP contribution >= 0.6 is 15.9 Å². The van der Waals surface area contributed by atoms with E-state index >= 15 is 0 Å². The summed E-state index contributed by atoms with van der Waals surface area (Å²) < 4.78 is 43.8. The number of alkyl halides is 3. The molecule has 2 nitrogen and oxygen atoms in total. The van der Waals surface area contributed by atoms with Crippen molar-refractivity contribution in [2.45, 2.75) is 32.0 Å². The molecule has 6 heteroatoms. The van der Waals surface area contributed by atoms with Gasteiger partial charge < -0.3 is 10.5 Å². The molecule has 0 spiro atoms. The zero-order valence-electron chi connectivity index (χ0n) is 10.4. The minimum Gasteiger partial charge on any atom is -0.495 e. The minimum atomic E-state index is -4.46. The van der Waals surface area contributed by atoms with E-state index in [0.717, 1.165) is 6.07 Å². The molecule has 0 aliphatic heterocycles. The second-order valence-electron chi connectivity index (χ2n) is 4.82. The van der Waals surface area contributed by atoms with Gasteiger partial charge in [0.2, 0.25) is 0 Å². The molecule has 0 fully saturated rings. The average molecular weight is 326 g/mol. The molecule has 18 heavy (non-hydrogen) atoms. The summed E-state index contributed by atoms with van der Waals surface area (Å²) >= 11 is 3.09. The number of halogens is 4. The van der Waals surface area contributed by atoms with E-state index in [1.807, 2.05) is 0 Å². The highest BCUT2D eigenvalue weighted by atomic mass is 79.9. The molecule has 0 unspecified atom stereocenters. The van der Waals surface area contributed by atoms with E-state index in [9.17, 15) is 13.2 Å². The molecule has 0 saturated heterocycles. The highest BCUT2D eigenvalue weighted by Crippen LogP contribution is 2.41. The van der Waals surface area contributed by atoms with Crippen LogP contribution in [-0.2, 0) is 12.6 Å². The number of rotatable bonds is 3. The largest absolute Gasteiger partial charge is 0.495 e. The van der Waals surface area contributed by atoms with Gasteiger partial charge in [-0.2, -0.15) is 13.2 Å². The van der Waals surface area contributed by atoms with Crippen LogP contribution in [0.25, 0.3) is 0 Å². The van der Waals surface area contributed by atoms with Gasteiger partial charge in [0.15, 0.2) is 0 Å². The predicted molar refractivity (Wildman–Crippen MR) is 67.7 cm³/mol. The van der Waals surface area contributed by atoms with Gasteiger partial charge in [0.1, 0.15) is 5.75 Å². The van der Waals surface area contributed by atoms with Gasteiger partial charge in [-0.3, -0.25) is 0 Å². The molecule has 1 aromatic carbocycles. The van der Waals surface area contributed by atoms with Crippen molar-refractivity contribution >= 4 is 15.9 Å². The van der Waals surface area contributed by atoms with Gasteiger partial charge in [-0.1, -0.05) is 0 Å². The first-order valence-electron chi connectivity index (χ1n) is 5.27. The molecule has 0 atom stereocenters. The van der Waals surface area contributed by atoms with Crippen molar-refractivity contribution in [1.29, 1.82) is 0 Å². The zero-order chi connectivity index (χ0) is 14.1. The van der Waals surface area contributed by atoms with E-state index in [1.165, 1.54) is 7.11 Å². The van der Waals surface area contributed by atoms with Crippen molar-refractivity contribution in [2.75, 3.05) is 7.11 Å². The quantitative estimate of drug-likeness (QED) is 0.918. The molecule has 2 N–H and O–H groups in total. The number of ether oxygens (including phenoxy) is 1. The highest BCUT2D eigenvalue weighted by molar-refractivity contribution is 9.10. The fourth-order valence-electron chi connectivity index (χ4n) is 1.70. The molecule has 0 aliphatic rings. The molecule has 1 rings (SSSR count). The highest BCUT2D eigenvalue weighted by Gasteiger charge is 2.36. The maximum absolute atomic E-state index is 12.9. The molecule has 102 valence electrons. The van der Waals surface area contributed by atoms with Crippen LogP contribution < -0.4 is 10.5 Å². The van der Waals surface area contributed by atoms with E-state index in [4.69, 9.17) is 10.5 Å². The SMILES string of the molecule is COc1c(Br)cc(CC(C)(C)N)cc1C(F)(F)F. The van der Waals surface area contributed by atoms with E-state index in [-0.39, 0.29) is 10.2 Å². The Labute approximate surface area is 112 Å². The van der Waals surface area contributed by atoms with E-state index in [2.05, 4.69) is 15.9 Å². The average Bonchev–Trinajstić information content (AvgIpc) is 2.12. The Kier molecular flexibility index (Phi) is 4.33. The monoisotopic (exact) mass is 325 g/mol. The topological polar surface area (TPSA) is 35.2 Å². The summed E-state index contributed by atoms with van der Waals surface area (Å²) in [5.41, 5.74) is 4.97. The molecule has 0 amide bonds. The summed E-state index contributed by atoms with van der Waals surface area (Å²) in [6.45, 7) is 3.52. The normalized spacial score (nSPS) is 12.7. The molecule has 0 aromatic heterocycles. The second-order valence-corrected chi connectivity index (χ2v) is 5.68. The van der Waals surface area contributed by atoms with Crippen molar-refractivity contribution < 1.29 is 17.9 Å². The van der Waals surface area contributed by atoms with Crippen LogP contribution in [0.15, 0.2) is 16.6 Å². The molecular formula is C12H15BrF3NO. The Morgan fingerprint density at radius 3 is 2.22 bits per heavy atom. The van der Waals surface area contributed by atoms with Crippen molar-refractivity contribution in [3.63, 3.8) is 0 Å². The second kappa shape index (κ2) is 5.09. The molecule has 0 radical (unpaired) electrons. The molecule has 0 saturated carbocycles. The van der Waals surface area contributed by atoms with Crippen LogP contribution in [0.5, 0.6) is 5.75 Å². The Morgan fingerprint density at radius 2 is 1.83 bits per heavy atom. The molecule has 1 aromatic rings. The van der Waals surface area contributed by atoms with Crippen molar-refractivity contribution in [1.82, 2.24) is 0 Å². The number of nitrogens with two attached hydrogens (primary N) is 1. The van der Waals surface area contributed by atoms with Gasteiger partial charge in [-0.05, 0) is 53.9 Å². The van der Waals surface area contributed by atoms with Crippen LogP contribution in [0.3, 0.4) is 0 Å². The third kappa shape index (κ3) is 3.88. The maximum atomic E-state index is 12.9. The van der Waals surface area contributed by atoms with Gasteiger partial charge in [0.05, 0.1) is 17.1 Å². The summed E-state index contributed by atoms with van der Waals surface area (Å²) in [5.74, 6) is -0.207. The summed E-state index contributed by atoms with van der Waals surface area (Å²) in [6.07, 6.45) is -4.11. The minimum absolute atomic E-state index is 0.207. The third-order valence-electron chi connectivity index (χ3n) is 2.27. The third-order valence-corrected chi connectivity index (χ3v) is 2.86. The van der Waals surface area contributed by atoms with E-state index in [1.54, 1.807) is 19.9 Å². The lowest BCUT2D eigenvalue weighted by atomic mass is 9.95. The van der Waals surface area contributed by atoms with Crippen LogP contribution in [0.1, 0.15) is 25.0 Å². The first-order valence-corrected chi connectivity index (χ1v) is 6.06. The van der Waals surface area contributed by atoms with Crippen molar-refractivity contribution in [3.05, 3.63) is 27.7 Å². The molecular weight excluding hydrogens is 311 g/mol. The van der Waals surface area contributed by atoms with Gasteiger partial charge >= 0.3 is 6.18 Å². The maximum Gasteiger partial charge on any atom is 0.420 e.